The van der Waals surface area contributed by atoms with E-state index < -0.39 is 23.5 Å². The molecule has 1 aromatic heterocycles. The zero-order valence-corrected chi connectivity index (χ0v) is 21.3. The van der Waals surface area contributed by atoms with Crippen LogP contribution < -0.4 is 20.9 Å². The fourth-order valence-corrected chi connectivity index (χ4v) is 3.82. The van der Waals surface area contributed by atoms with Crippen molar-refractivity contribution in [3.8, 4) is 0 Å². The van der Waals surface area contributed by atoms with Crippen LogP contribution in [0.3, 0.4) is 0 Å². The lowest BCUT2D eigenvalue weighted by Crippen LogP contribution is -2.50. The van der Waals surface area contributed by atoms with E-state index in [2.05, 4.69) is 25.9 Å². The Morgan fingerprint density at radius 2 is 1.68 bits per heavy atom. The largest absolute Gasteiger partial charge is 0.388 e. The number of hydrogen-bond donors (Lipinski definition) is 3. The quantitative estimate of drug-likeness (QED) is 0.441. The van der Waals surface area contributed by atoms with E-state index in [4.69, 9.17) is 0 Å². The number of nitrogens with zero attached hydrogens (tertiary/aromatic N) is 3. The molecule has 2 heterocycles. The monoisotopic (exact) mass is 514 g/mol. The Hall–Kier alpha value is -4.53. The van der Waals surface area contributed by atoms with Crippen molar-refractivity contribution in [2.24, 2.45) is 10.4 Å². The Labute approximate surface area is 223 Å². The fraction of sp³-hybridized carbons (Fsp3) is 0.276. The molecule has 2 aromatic carbocycles. The molecule has 0 radical (unpaired) electrons. The number of ketones is 1. The second kappa shape index (κ2) is 11.7. The molecule has 1 aliphatic heterocycles. The highest BCUT2D eigenvalue weighted by Crippen LogP contribution is 2.29. The van der Waals surface area contributed by atoms with Crippen LogP contribution in [0, 0.1) is 5.41 Å². The van der Waals surface area contributed by atoms with E-state index >= 15 is 0 Å². The number of fused-ring (bicyclic) bond motifs is 1. The third-order valence-electron chi connectivity index (χ3n) is 5.93. The molecule has 1 aliphatic rings. The summed E-state index contributed by atoms with van der Waals surface area (Å²) in [5.41, 5.74) is 2.86. The number of para-hydroxylation sites is 1. The van der Waals surface area contributed by atoms with Gasteiger partial charge >= 0.3 is 6.03 Å². The van der Waals surface area contributed by atoms with Gasteiger partial charge in [-0.3, -0.25) is 14.6 Å². The maximum atomic E-state index is 13.8. The second-order valence-corrected chi connectivity index (χ2v) is 9.64. The van der Waals surface area contributed by atoms with E-state index in [9.17, 15) is 14.4 Å². The Kier molecular flexibility index (Phi) is 8.62. The Balaban J connectivity index is 0.00000400. The number of anilines is 3. The zero-order chi connectivity index (χ0) is 26.6. The molecule has 198 valence electrons. The molecule has 0 bridgehead atoms. The van der Waals surface area contributed by atoms with Crippen LogP contribution in [-0.4, -0.2) is 48.2 Å². The summed E-state index contributed by atoms with van der Waals surface area (Å²) in [6, 6.07) is 19.2. The molecule has 3 amide bonds. The van der Waals surface area contributed by atoms with E-state index in [1.165, 1.54) is 4.90 Å². The third-order valence-corrected chi connectivity index (χ3v) is 5.93. The van der Waals surface area contributed by atoms with Gasteiger partial charge in [-0.1, -0.05) is 58.5 Å². The normalized spacial score (nSPS) is 14.8. The maximum absolute atomic E-state index is 13.8. The Morgan fingerprint density at radius 1 is 0.974 bits per heavy atom. The second-order valence-electron chi connectivity index (χ2n) is 9.64. The number of benzodiazepines with no additional fused rings is 1. The van der Waals surface area contributed by atoms with Gasteiger partial charge in [0.05, 0.1) is 23.6 Å². The minimum absolute atomic E-state index is 0. The number of pyridine rings is 1. The van der Waals surface area contributed by atoms with Crippen molar-refractivity contribution < 1.29 is 14.4 Å². The molecule has 3 N–H and O–H groups in total. The lowest BCUT2D eigenvalue weighted by molar-refractivity contribution is -0.127. The molecule has 9 nitrogen and oxygen atoms in total. The van der Waals surface area contributed by atoms with Crippen molar-refractivity contribution in [1.82, 2.24) is 10.3 Å². The summed E-state index contributed by atoms with van der Waals surface area (Å²) in [6.45, 7) is 5.26. The number of carbonyl (C=O) groups is 3. The summed E-state index contributed by atoms with van der Waals surface area (Å²) in [4.78, 5) is 50.3. The number of Topliss-reactive ketones (excluding diaryl/α,β-unsaturated/α-hetero) is 1. The number of aliphatic imine (C=N–C) groups is 1. The smallest absolute Gasteiger partial charge is 0.321 e. The van der Waals surface area contributed by atoms with Crippen molar-refractivity contribution in [2.75, 3.05) is 29.1 Å². The first-order valence-electron chi connectivity index (χ1n) is 12.0. The molecular weight excluding hydrogens is 480 g/mol. The van der Waals surface area contributed by atoms with Crippen LogP contribution in [0.4, 0.5) is 21.9 Å². The van der Waals surface area contributed by atoms with Crippen LogP contribution in [0.5, 0.6) is 0 Å². The van der Waals surface area contributed by atoms with Gasteiger partial charge in [0.15, 0.2) is 5.78 Å². The van der Waals surface area contributed by atoms with Gasteiger partial charge in [-0.2, -0.15) is 0 Å². The van der Waals surface area contributed by atoms with Crippen molar-refractivity contribution >= 4 is 40.5 Å². The van der Waals surface area contributed by atoms with Crippen LogP contribution in [-0.2, 0) is 9.59 Å². The number of carbonyl (C=O) groups excluding carboxylic acids is 3. The molecule has 0 aliphatic carbocycles. The van der Waals surface area contributed by atoms with Gasteiger partial charge < -0.3 is 20.9 Å². The first-order valence-corrected chi connectivity index (χ1v) is 12.0. The first kappa shape index (κ1) is 28.0. The predicted molar refractivity (Wildman–Crippen MR) is 152 cm³/mol. The summed E-state index contributed by atoms with van der Waals surface area (Å²) in [5, 5.41) is 8.45. The van der Waals surface area contributed by atoms with Gasteiger partial charge in [0.1, 0.15) is 0 Å². The van der Waals surface area contributed by atoms with E-state index in [1.54, 1.807) is 55.7 Å². The van der Waals surface area contributed by atoms with Crippen LogP contribution in [0.1, 0.15) is 39.5 Å². The Bertz CT molecular complexity index is 1350. The van der Waals surface area contributed by atoms with Gasteiger partial charge in [-0.25, -0.2) is 9.79 Å². The molecule has 0 fully saturated rings. The van der Waals surface area contributed by atoms with E-state index in [-0.39, 0.29) is 19.8 Å². The highest BCUT2D eigenvalue weighted by Gasteiger charge is 2.36. The molecule has 3 aromatic rings. The van der Waals surface area contributed by atoms with Crippen LogP contribution in [0.2, 0.25) is 0 Å². The summed E-state index contributed by atoms with van der Waals surface area (Å²) in [5.74, 6) is -0.640. The highest BCUT2D eigenvalue weighted by molar-refractivity contribution is 6.20. The number of amides is 3. The van der Waals surface area contributed by atoms with Crippen molar-refractivity contribution in [1.29, 1.82) is 0 Å². The van der Waals surface area contributed by atoms with Gasteiger partial charge in [0.25, 0.3) is 5.91 Å². The molecule has 38 heavy (non-hydrogen) atoms. The first-order chi connectivity index (χ1) is 17.7. The topological polar surface area (TPSA) is 116 Å². The maximum Gasteiger partial charge on any atom is 0.321 e. The van der Waals surface area contributed by atoms with Crippen LogP contribution in [0.25, 0.3) is 0 Å². The summed E-state index contributed by atoms with van der Waals surface area (Å²) >= 11 is 0. The SMILES string of the molecule is C.CNc1cccc(NC(=O)N[C@@H]2N=C(c3ccccn3)c3ccccc3N(CC(=O)C(C)(C)C)C2=O)c1. The van der Waals surface area contributed by atoms with Crippen LogP contribution in [0.15, 0.2) is 77.9 Å². The van der Waals surface area contributed by atoms with E-state index in [1.807, 2.05) is 45.0 Å². The predicted octanol–water partition coefficient (Wildman–Crippen LogP) is 4.71. The van der Waals surface area contributed by atoms with Gasteiger partial charge in [-0.05, 0) is 36.4 Å². The standard InChI is InChI=1S/C28H30N6O3.CH4/c1-28(2,3)23(35)17-34-22-14-6-5-12-20(22)24(21-13-7-8-15-30-21)32-25(26(34)36)33-27(37)31-19-11-9-10-18(16-19)29-4;/h5-16,25,29H,17H2,1-4H3,(H2,31,33,37);1H4/t25-;/m0./s1. The lowest BCUT2D eigenvalue weighted by atomic mass is 9.90. The lowest BCUT2D eigenvalue weighted by Gasteiger charge is -2.28. The number of aromatic nitrogens is 1. The number of nitrogens with one attached hydrogen (secondary N) is 3. The Morgan fingerprint density at radius 3 is 2.37 bits per heavy atom. The molecular formula is C29H34N6O3. The molecule has 0 saturated heterocycles. The summed E-state index contributed by atoms with van der Waals surface area (Å²) in [7, 11) is 1.78. The number of rotatable bonds is 6. The number of hydrogen-bond acceptors (Lipinski definition) is 6. The molecule has 4 rings (SSSR count). The minimum atomic E-state index is -1.29. The molecule has 1 atom stereocenters. The zero-order valence-electron chi connectivity index (χ0n) is 21.3. The van der Waals surface area contributed by atoms with Crippen LogP contribution >= 0.6 is 0 Å². The summed E-state index contributed by atoms with van der Waals surface area (Å²) < 4.78 is 0. The van der Waals surface area contributed by atoms with E-state index in [0.29, 0.717) is 28.3 Å². The van der Waals surface area contributed by atoms with Crippen molar-refractivity contribution in [2.45, 2.75) is 34.4 Å². The number of benzene rings is 2. The average Bonchev–Trinajstić information content (AvgIpc) is 2.99. The van der Waals surface area contributed by atoms with Gasteiger partial charge in [0, 0.05) is 35.6 Å². The molecule has 0 spiro atoms. The van der Waals surface area contributed by atoms with Crippen molar-refractivity contribution in [3.05, 3.63) is 84.2 Å². The third kappa shape index (κ3) is 6.23. The number of urea groups is 1. The molecule has 0 saturated carbocycles. The van der Waals surface area contributed by atoms with Gasteiger partial charge in [0.2, 0.25) is 6.17 Å². The molecule has 0 unspecified atom stereocenters. The minimum Gasteiger partial charge on any atom is -0.388 e. The molecule has 9 heteroatoms. The van der Waals surface area contributed by atoms with E-state index in [0.717, 1.165) is 5.69 Å². The van der Waals surface area contributed by atoms with Gasteiger partial charge in [-0.15, -0.1) is 0 Å². The fourth-order valence-electron chi connectivity index (χ4n) is 3.82. The highest BCUT2D eigenvalue weighted by atomic mass is 16.2. The summed E-state index contributed by atoms with van der Waals surface area (Å²) in [6.07, 6.45) is 0.350. The average molecular weight is 515 g/mol. The van der Waals surface area contributed by atoms with Crippen molar-refractivity contribution in [3.63, 3.8) is 0 Å².